The summed E-state index contributed by atoms with van der Waals surface area (Å²) in [6, 6.07) is 0. The molecule has 0 aromatic carbocycles. The molecule has 52 heavy (non-hydrogen) atoms. The van der Waals surface area contributed by atoms with Crippen LogP contribution in [0.1, 0.15) is 194 Å². The van der Waals surface area contributed by atoms with E-state index in [1.807, 2.05) is 0 Å². The van der Waals surface area contributed by atoms with E-state index in [9.17, 15) is 9.59 Å². The van der Waals surface area contributed by atoms with E-state index in [4.69, 9.17) is 9.47 Å². The van der Waals surface area contributed by atoms with Gasteiger partial charge in [-0.3, -0.25) is 0 Å². The van der Waals surface area contributed by atoms with Gasteiger partial charge < -0.3 is 0 Å². The summed E-state index contributed by atoms with van der Waals surface area (Å²) in [6.07, 6.45) is 36.9. The number of hydrogen-bond acceptors (Lipinski definition) is 6. The zero-order valence-corrected chi connectivity index (χ0v) is 38.1. The summed E-state index contributed by atoms with van der Waals surface area (Å²) in [5, 5.41) is 4.68. The molecule has 0 unspecified atom stereocenters. The molecule has 0 aromatic rings. The number of unbranched alkanes of at least 4 members (excludes halogenated alkanes) is 22. The molecule has 6 nitrogen and oxygen atoms in total. The van der Waals surface area contributed by atoms with Crippen molar-refractivity contribution in [3.63, 3.8) is 0 Å². The second-order valence-electron chi connectivity index (χ2n) is 15.3. The quantitative estimate of drug-likeness (QED) is 0.0347. The summed E-state index contributed by atoms with van der Waals surface area (Å²) >= 11 is 1.16. The normalized spacial score (nSPS) is 13.4. The van der Waals surface area contributed by atoms with Gasteiger partial charge in [0.05, 0.1) is 0 Å². The zero-order chi connectivity index (χ0) is 37.4. The molecule has 1 aliphatic heterocycles. The van der Waals surface area contributed by atoms with Crippen molar-refractivity contribution in [2.75, 3.05) is 52.5 Å². The van der Waals surface area contributed by atoms with Gasteiger partial charge in [0.2, 0.25) is 0 Å². The Labute approximate surface area is 336 Å². The van der Waals surface area contributed by atoms with Crippen molar-refractivity contribution < 1.29 is 19.1 Å². The predicted octanol–water partition coefficient (Wildman–Crippen LogP) is 11.7. The maximum atomic E-state index is 12.5. The molecule has 8 heteroatoms. The Kier molecular flexibility index (Phi) is 38.9. The average Bonchev–Trinajstić information content (AvgIpc) is 3.68. The van der Waals surface area contributed by atoms with Crippen LogP contribution in [-0.4, -0.2) is 104 Å². The van der Waals surface area contributed by atoms with E-state index in [-0.39, 0.29) is 11.9 Å². The third-order valence-corrected chi connectivity index (χ3v) is 14.8. The van der Waals surface area contributed by atoms with Crippen LogP contribution in [0.2, 0.25) is 21.3 Å². The van der Waals surface area contributed by atoms with E-state index in [2.05, 4.69) is 23.6 Å². The molecule has 0 aromatic heterocycles. The second-order valence-corrected chi connectivity index (χ2v) is 20.5. The number of nitrogens with zero attached hydrogens (tertiary/aromatic N) is 2. The van der Waals surface area contributed by atoms with Gasteiger partial charge in [-0.2, -0.15) is 0 Å². The summed E-state index contributed by atoms with van der Waals surface area (Å²) in [5.74, 6) is -0.185. The Balaban J connectivity index is 2.03. The molecule has 0 atom stereocenters. The molecular weight excluding hydrogens is 778 g/mol. The van der Waals surface area contributed by atoms with Crippen LogP contribution >= 0.6 is 0 Å². The van der Waals surface area contributed by atoms with Crippen molar-refractivity contribution in [1.29, 1.82) is 0 Å². The van der Waals surface area contributed by atoms with Crippen molar-refractivity contribution in [1.82, 2.24) is 9.80 Å². The monoisotopic (exact) mass is 866 g/mol. The number of carbonyl (C=O) groups excluding carboxylic acids is 2. The Bertz CT molecular complexity index is 717. The fourth-order valence-corrected chi connectivity index (χ4v) is 10.4. The number of likely N-dealkylation sites (tertiary alicyclic amines) is 1. The van der Waals surface area contributed by atoms with Crippen molar-refractivity contribution in [3.05, 3.63) is 0 Å². The topological polar surface area (TPSA) is 59.1 Å². The first-order valence-corrected chi connectivity index (χ1v) is 27.4. The number of hydrogen-bond donors (Lipinski definition) is 0. The molecule has 1 rings (SSSR count). The van der Waals surface area contributed by atoms with Gasteiger partial charge in [-0.05, 0) is 0 Å². The number of rotatable bonds is 41. The first-order valence-electron chi connectivity index (χ1n) is 22.6. The molecular formula is C44H86N2O4Se2. The third-order valence-electron chi connectivity index (χ3n) is 10.5. The molecule has 1 fully saturated rings. The van der Waals surface area contributed by atoms with Gasteiger partial charge in [-0.25, -0.2) is 0 Å². The zero-order valence-electron chi connectivity index (χ0n) is 34.6. The van der Waals surface area contributed by atoms with Crippen molar-refractivity contribution in [3.8, 4) is 0 Å². The average molecular weight is 865 g/mol. The molecule has 0 bridgehead atoms. The number of ether oxygens (including phenoxy) is 2. The molecule has 0 amide bonds. The van der Waals surface area contributed by atoms with Gasteiger partial charge in [0, 0.05) is 0 Å². The Morgan fingerprint density at radius 3 is 1.19 bits per heavy atom. The van der Waals surface area contributed by atoms with Crippen molar-refractivity contribution in [2.45, 2.75) is 215 Å². The van der Waals surface area contributed by atoms with Crippen LogP contribution in [0.3, 0.4) is 0 Å². The van der Waals surface area contributed by atoms with E-state index in [0.717, 1.165) is 23.7 Å². The third kappa shape index (κ3) is 35.6. The predicted molar refractivity (Wildman–Crippen MR) is 226 cm³/mol. The molecule has 308 valence electrons. The van der Waals surface area contributed by atoms with Gasteiger partial charge in [-0.1, -0.05) is 26.7 Å². The van der Waals surface area contributed by atoms with Crippen LogP contribution in [0.5, 0.6) is 0 Å². The Hall–Kier alpha value is -0.101. The van der Waals surface area contributed by atoms with Crippen molar-refractivity contribution in [2.24, 2.45) is 0 Å². The summed E-state index contributed by atoms with van der Waals surface area (Å²) in [7, 11) is 0. The van der Waals surface area contributed by atoms with Gasteiger partial charge >= 0.3 is 311 Å². The van der Waals surface area contributed by atoms with Gasteiger partial charge in [0.1, 0.15) is 0 Å². The van der Waals surface area contributed by atoms with Crippen LogP contribution in [0.25, 0.3) is 0 Å². The van der Waals surface area contributed by atoms with Crippen LogP contribution in [0, 0.1) is 0 Å². The second kappa shape index (κ2) is 40.6. The van der Waals surface area contributed by atoms with Crippen LogP contribution in [0.15, 0.2) is 0 Å². The van der Waals surface area contributed by atoms with Gasteiger partial charge in [0.15, 0.2) is 0 Å². The van der Waals surface area contributed by atoms with Crippen LogP contribution < -0.4 is 0 Å². The maximum absolute atomic E-state index is 12.5. The van der Waals surface area contributed by atoms with Crippen LogP contribution in [0.4, 0.5) is 0 Å². The molecule has 1 saturated heterocycles. The summed E-state index contributed by atoms with van der Waals surface area (Å²) in [6.45, 7) is 11.3. The molecule has 0 saturated carbocycles. The molecule has 0 aliphatic carbocycles. The fourth-order valence-electron chi connectivity index (χ4n) is 6.99. The molecule has 0 radical (unpaired) electrons. The number of esters is 2. The summed E-state index contributed by atoms with van der Waals surface area (Å²) in [4.78, 5) is 29.8. The summed E-state index contributed by atoms with van der Waals surface area (Å²) in [5.41, 5.74) is 0. The number of carbonyl (C=O) groups is 2. The van der Waals surface area contributed by atoms with E-state index in [1.165, 1.54) is 191 Å². The van der Waals surface area contributed by atoms with E-state index in [0.29, 0.717) is 69.1 Å². The standard InChI is InChI=1S/C44H86N2O4Se2/c1-3-5-7-9-11-13-15-17-19-21-23-27-39-51-41-37-49-43(47)29-33-46(36-35-45-31-25-26-32-45)34-30-44(48)50-38-42-52-40-28-24-22-20-18-16-14-12-10-8-6-4-2/h3-42H2,1-2H3. The Morgan fingerprint density at radius 2 is 0.827 bits per heavy atom. The molecule has 1 aliphatic rings. The van der Waals surface area contributed by atoms with E-state index >= 15 is 0 Å². The first kappa shape index (κ1) is 49.9. The van der Waals surface area contributed by atoms with E-state index in [1.54, 1.807) is 0 Å². The van der Waals surface area contributed by atoms with Crippen LogP contribution in [-0.2, 0) is 19.1 Å². The first-order chi connectivity index (χ1) is 25.7. The minimum absolute atomic E-state index is 0.0923. The van der Waals surface area contributed by atoms with E-state index < -0.39 is 0 Å². The van der Waals surface area contributed by atoms with Crippen molar-refractivity contribution >= 4 is 41.9 Å². The fraction of sp³-hybridized carbons (Fsp3) is 0.955. The SMILES string of the molecule is CCCCCCCCCCCCCC[Se]CCOC(=O)CCN(CCC(=O)OCC[Se]CCCCCCCCCCCCCC)CCN1CCCC1. The van der Waals surface area contributed by atoms with Gasteiger partial charge in [0.25, 0.3) is 0 Å². The molecule has 1 heterocycles. The molecule has 0 spiro atoms. The minimum atomic E-state index is -0.0923. The van der Waals surface area contributed by atoms with Gasteiger partial charge in [-0.15, -0.1) is 0 Å². The molecule has 0 N–H and O–H groups in total. The summed E-state index contributed by atoms with van der Waals surface area (Å²) < 4.78 is 11.2. The Morgan fingerprint density at radius 1 is 0.481 bits per heavy atom.